The summed E-state index contributed by atoms with van der Waals surface area (Å²) in [6, 6.07) is 6.52. The summed E-state index contributed by atoms with van der Waals surface area (Å²) in [4.78, 5) is 12.3. The third kappa shape index (κ3) is 3.92. The summed E-state index contributed by atoms with van der Waals surface area (Å²) < 4.78 is 29.6. The minimum absolute atomic E-state index is 0.0674. The fourth-order valence-electron chi connectivity index (χ4n) is 2.55. The van der Waals surface area contributed by atoms with Crippen molar-refractivity contribution in [1.29, 1.82) is 0 Å². The monoisotopic (exact) mass is 310 g/mol. The average Bonchev–Trinajstić information content (AvgIpc) is 2.61. The first-order valence-corrected chi connectivity index (χ1v) is 8.74. The largest absolute Gasteiger partial charge is 0.299 e. The quantitative estimate of drug-likeness (QED) is 0.633. The molecule has 1 fully saturated rings. The van der Waals surface area contributed by atoms with E-state index in [0.717, 1.165) is 24.8 Å². The van der Waals surface area contributed by atoms with Gasteiger partial charge < -0.3 is 0 Å². The first-order chi connectivity index (χ1) is 9.83. The van der Waals surface area contributed by atoms with Gasteiger partial charge in [0.25, 0.3) is 10.1 Å². The Bertz CT molecular complexity index is 604. The number of hydrogen-bond donors (Lipinski definition) is 0. The van der Waals surface area contributed by atoms with E-state index in [9.17, 15) is 13.2 Å². The summed E-state index contributed by atoms with van der Waals surface area (Å²) in [5, 5.41) is 0. The maximum Gasteiger partial charge on any atom is 0.297 e. The summed E-state index contributed by atoms with van der Waals surface area (Å²) in [5.74, 6) is 0.110. The molecule has 1 saturated carbocycles. The molecular formula is C16H22O4S. The topological polar surface area (TPSA) is 60.4 Å². The molecule has 2 rings (SSSR count). The van der Waals surface area contributed by atoms with Crippen LogP contribution >= 0.6 is 0 Å². The van der Waals surface area contributed by atoms with E-state index in [0.29, 0.717) is 12.8 Å². The van der Waals surface area contributed by atoms with Gasteiger partial charge >= 0.3 is 0 Å². The molecule has 1 aliphatic rings. The maximum absolute atomic E-state index is 12.2. The Morgan fingerprint density at radius 3 is 2.48 bits per heavy atom. The summed E-state index contributed by atoms with van der Waals surface area (Å²) in [6.07, 6.45) is 4.06. The fraction of sp³-hybridized carbons (Fsp3) is 0.562. The van der Waals surface area contributed by atoms with Crippen LogP contribution in [-0.4, -0.2) is 20.8 Å². The van der Waals surface area contributed by atoms with Crippen LogP contribution in [0, 0.1) is 12.3 Å². The molecule has 0 aliphatic heterocycles. The van der Waals surface area contributed by atoms with E-state index in [1.807, 2.05) is 13.8 Å². The molecule has 1 aliphatic carbocycles. The van der Waals surface area contributed by atoms with Crippen molar-refractivity contribution in [2.45, 2.75) is 50.8 Å². The number of carbonyl (C=O) groups is 1. The van der Waals surface area contributed by atoms with Crippen molar-refractivity contribution in [1.82, 2.24) is 0 Å². The highest BCUT2D eigenvalue weighted by Crippen LogP contribution is 2.33. The normalized spacial score (nSPS) is 23.8. The van der Waals surface area contributed by atoms with Crippen LogP contribution < -0.4 is 0 Å². The van der Waals surface area contributed by atoms with Crippen LogP contribution in [0.1, 0.15) is 44.6 Å². The van der Waals surface area contributed by atoms with E-state index in [1.54, 1.807) is 12.1 Å². The van der Waals surface area contributed by atoms with E-state index in [2.05, 4.69) is 0 Å². The summed E-state index contributed by atoms with van der Waals surface area (Å²) in [6.45, 7) is 3.63. The SMILES string of the molecule is Cc1ccc(S(=O)(=O)OCC2(C)CCCCCC2=O)cc1. The molecule has 0 radical (unpaired) electrons. The predicted octanol–water partition coefficient (Wildman–Crippen LogP) is 3.24. The van der Waals surface area contributed by atoms with Gasteiger partial charge in [0.15, 0.2) is 0 Å². The van der Waals surface area contributed by atoms with Gasteiger partial charge in [-0.25, -0.2) is 0 Å². The molecule has 0 bridgehead atoms. The number of Topliss-reactive ketones (excluding diaryl/α,β-unsaturated/α-hetero) is 1. The smallest absolute Gasteiger partial charge is 0.297 e. The number of benzene rings is 1. The molecule has 5 heteroatoms. The minimum Gasteiger partial charge on any atom is -0.299 e. The second kappa shape index (κ2) is 6.28. The van der Waals surface area contributed by atoms with Gasteiger partial charge in [0.05, 0.1) is 16.9 Å². The predicted molar refractivity (Wildman–Crippen MR) is 80.5 cm³/mol. The molecule has 21 heavy (non-hydrogen) atoms. The van der Waals surface area contributed by atoms with Gasteiger partial charge in [0, 0.05) is 6.42 Å². The van der Waals surface area contributed by atoms with Crippen molar-refractivity contribution in [2.24, 2.45) is 5.41 Å². The highest BCUT2D eigenvalue weighted by Gasteiger charge is 2.35. The lowest BCUT2D eigenvalue weighted by Crippen LogP contribution is -2.33. The average molecular weight is 310 g/mol. The van der Waals surface area contributed by atoms with Gasteiger partial charge in [-0.15, -0.1) is 0 Å². The van der Waals surface area contributed by atoms with Gasteiger partial charge in [0.2, 0.25) is 0 Å². The van der Waals surface area contributed by atoms with Crippen LogP contribution in [0.2, 0.25) is 0 Å². The Morgan fingerprint density at radius 2 is 1.81 bits per heavy atom. The molecule has 1 atom stereocenters. The number of aryl methyl sites for hydroxylation is 1. The molecule has 0 aromatic heterocycles. The van der Waals surface area contributed by atoms with Gasteiger partial charge in [-0.1, -0.05) is 37.5 Å². The third-order valence-corrected chi connectivity index (χ3v) is 5.43. The zero-order valence-corrected chi connectivity index (χ0v) is 13.4. The molecule has 1 aromatic carbocycles. The van der Waals surface area contributed by atoms with E-state index in [-0.39, 0.29) is 17.3 Å². The van der Waals surface area contributed by atoms with Crippen molar-refractivity contribution in [3.63, 3.8) is 0 Å². The molecule has 1 aromatic rings. The Balaban J connectivity index is 2.10. The Hall–Kier alpha value is -1.20. The van der Waals surface area contributed by atoms with Crippen molar-refractivity contribution in [2.75, 3.05) is 6.61 Å². The minimum atomic E-state index is -3.80. The zero-order valence-electron chi connectivity index (χ0n) is 12.6. The Labute approximate surface area is 126 Å². The van der Waals surface area contributed by atoms with Crippen molar-refractivity contribution in [3.8, 4) is 0 Å². The molecule has 0 N–H and O–H groups in total. The molecule has 1 unspecified atom stereocenters. The van der Waals surface area contributed by atoms with Gasteiger partial charge in [0.1, 0.15) is 5.78 Å². The molecule has 4 nitrogen and oxygen atoms in total. The molecule has 0 amide bonds. The first-order valence-electron chi connectivity index (χ1n) is 7.33. The van der Waals surface area contributed by atoms with E-state index >= 15 is 0 Å². The molecule has 116 valence electrons. The van der Waals surface area contributed by atoms with Crippen LogP contribution in [0.15, 0.2) is 29.2 Å². The highest BCUT2D eigenvalue weighted by atomic mass is 32.2. The van der Waals surface area contributed by atoms with E-state index < -0.39 is 15.5 Å². The van der Waals surface area contributed by atoms with Gasteiger partial charge in [-0.2, -0.15) is 8.42 Å². The standard InChI is InChI=1S/C16H22O4S/c1-13-7-9-14(10-8-13)21(18,19)20-12-16(2)11-5-3-4-6-15(16)17/h7-10H,3-6,11-12H2,1-2H3. The zero-order chi connectivity index (χ0) is 15.5. The highest BCUT2D eigenvalue weighted by molar-refractivity contribution is 7.86. The molecular weight excluding hydrogens is 288 g/mol. The Morgan fingerprint density at radius 1 is 1.14 bits per heavy atom. The number of hydrogen-bond acceptors (Lipinski definition) is 4. The van der Waals surface area contributed by atoms with Crippen LogP contribution in [0.25, 0.3) is 0 Å². The van der Waals surface area contributed by atoms with E-state index in [1.165, 1.54) is 12.1 Å². The van der Waals surface area contributed by atoms with Crippen LogP contribution in [0.5, 0.6) is 0 Å². The van der Waals surface area contributed by atoms with Crippen molar-refractivity contribution in [3.05, 3.63) is 29.8 Å². The van der Waals surface area contributed by atoms with Crippen LogP contribution in [0.4, 0.5) is 0 Å². The second-order valence-corrected chi connectivity index (χ2v) is 7.69. The van der Waals surface area contributed by atoms with Crippen LogP contribution in [-0.2, 0) is 19.1 Å². The van der Waals surface area contributed by atoms with Gasteiger partial charge in [-0.3, -0.25) is 8.98 Å². The first kappa shape index (κ1) is 16.2. The van der Waals surface area contributed by atoms with Gasteiger partial charge in [-0.05, 0) is 31.9 Å². The summed E-state index contributed by atoms with van der Waals surface area (Å²) >= 11 is 0. The van der Waals surface area contributed by atoms with E-state index in [4.69, 9.17) is 4.18 Å². The molecule has 0 saturated heterocycles. The second-order valence-electron chi connectivity index (χ2n) is 6.07. The maximum atomic E-state index is 12.2. The lowest BCUT2D eigenvalue weighted by atomic mass is 9.82. The lowest BCUT2D eigenvalue weighted by Gasteiger charge is -2.25. The third-order valence-electron chi connectivity index (χ3n) is 4.15. The number of rotatable bonds is 4. The number of ketones is 1. The summed E-state index contributed by atoms with van der Waals surface area (Å²) in [7, 11) is -3.80. The molecule has 0 spiro atoms. The van der Waals surface area contributed by atoms with Crippen molar-refractivity contribution >= 4 is 15.9 Å². The van der Waals surface area contributed by atoms with Crippen molar-refractivity contribution < 1.29 is 17.4 Å². The fourth-order valence-corrected chi connectivity index (χ4v) is 3.57. The summed E-state index contributed by atoms with van der Waals surface area (Å²) in [5.41, 5.74) is 0.300. The molecule has 0 heterocycles. The number of carbonyl (C=O) groups excluding carboxylic acids is 1. The van der Waals surface area contributed by atoms with Crippen LogP contribution in [0.3, 0.4) is 0 Å². The Kier molecular flexibility index (Phi) is 4.84. The lowest BCUT2D eigenvalue weighted by molar-refractivity contribution is -0.129.